The third kappa shape index (κ3) is 32.4. The Labute approximate surface area is 514 Å². The second-order valence-electron chi connectivity index (χ2n) is 19.8. The maximum Gasteiger partial charge on any atom is 0.500 e. The Balaban J connectivity index is 1.96. The fourth-order valence-corrected chi connectivity index (χ4v) is 33.5. The van der Waals surface area contributed by atoms with Crippen molar-refractivity contribution in [2.24, 2.45) is 35.5 Å². The van der Waals surface area contributed by atoms with E-state index in [1.807, 2.05) is 82.8 Å². The Bertz CT molecular complexity index is 1230. The van der Waals surface area contributed by atoms with E-state index < -0.39 is 35.2 Å². The standard InChI is InChI=1S/C54H114O12S8Si4/c1-13-55-75(56-14-2,57-15-3)43-25-37-67-69-39-33-53-47-49(35-45-77(61-19-7,62-20-8)63-21-9)27-29-51(53)31-41-71-73-74-72-42-32-52-30-28-50(36-46-78(64-22-10,65-23-11)66-24-12)48-54(52)34-40-70-68-38-26-44-76(58-16-4,59-17-5)60-18-6/h49-54H,13-48H2,1-12H3. The molecule has 6 atom stereocenters. The van der Waals surface area contributed by atoms with E-state index in [0.717, 1.165) is 85.0 Å². The van der Waals surface area contributed by atoms with Gasteiger partial charge in [-0.2, -0.15) is 0 Å². The molecule has 0 heterocycles. The quantitative estimate of drug-likeness (QED) is 0.0327. The Hall–Kier alpha value is 3.19. The molecule has 2 aliphatic rings. The van der Waals surface area contributed by atoms with E-state index in [9.17, 15) is 0 Å². The molecule has 0 radical (unpaired) electrons. The molecule has 24 heteroatoms. The molecule has 2 rings (SSSR count). The molecule has 0 aromatic rings. The SMILES string of the molecule is CCO[Si](CCCSSCCC1CC(CC[Si](OCC)(OCC)OCC)CCC1CCSSSSCCC1CCC(CC[Si](OCC)(OCC)OCC)CC1CCSSCCC[Si](OCC)(OCC)OCC)(OCC)OCC. The van der Waals surface area contributed by atoms with Crippen LogP contribution in [0.5, 0.6) is 0 Å². The Morgan fingerprint density at radius 2 is 0.513 bits per heavy atom. The maximum atomic E-state index is 6.29. The van der Waals surface area contributed by atoms with Gasteiger partial charge in [-0.3, -0.25) is 0 Å². The third-order valence-electron chi connectivity index (χ3n) is 14.6. The van der Waals surface area contributed by atoms with Crippen molar-refractivity contribution in [2.45, 2.75) is 197 Å². The molecule has 0 aliphatic heterocycles. The van der Waals surface area contributed by atoms with Gasteiger partial charge in [-0.05, 0) is 215 Å². The summed E-state index contributed by atoms with van der Waals surface area (Å²) >= 11 is 0. The van der Waals surface area contributed by atoms with Crippen molar-refractivity contribution in [3.8, 4) is 0 Å². The molecule has 78 heavy (non-hydrogen) atoms. The van der Waals surface area contributed by atoms with Crippen molar-refractivity contribution in [3.05, 3.63) is 0 Å². The maximum absolute atomic E-state index is 6.29. The molecular formula is C54H114O12S8Si4. The summed E-state index contributed by atoms with van der Waals surface area (Å²) in [5, 5.41) is 0. The van der Waals surface area contributed by atoms with Gasteiger partial charge < -0.3 is 53.1 Å². The first kappa shape index (κ1) is 77.3. The highest BCUT2D eigenvalue weighted by atomic mass is 33.7. The zero-order valence-corrected chi connectivity index (χ0v) is 61.6. The highest BCUT2D eigenvalue weighted by molar-refractivity contribution is 9.26. The zero-order valence-electron chi connectivity index (χ0n) is 51.1. The summed E-state index contributed by atoms with van der Waals surface area (Å²) in [4.78, 5) is 0. The molecule has 12 nitrogen and oxygen atoms in total. The average molecular weight is 1320 g/mol. The smallest absolute Gasteiger partial charge is 0.374 e. The molecule has 466 valence electrons. The monoisotopic (exact) mass is 1320 g/mol. The minimum absolute atomic E-state index is 0.637. The fraction of sp³-hybridized carbons (Fsp3) is 1.00. The first-order valence-electron chi connectivity index (χ1n) is 30.8. The lowest BCUT2D eigenvalue weighted by Gasteiger charge is -2.38. The van der Waals surface area contributed by atoms with Crippen LogP contribution in [0, 0.1) is 35.5 Å². The van der Waals surface area contributed by atoms with Crippen LogP contribution in [0.15, 0.2) is 0 Å². The minimum Gasteiger partial charge on any atom is -0.374 e. The first-order valence-corrected chi connectivity index (χ1v) is 48.6. The predicted octanol–water partition coefficient (Wildman–Crippen LogP) is 17.8. The number of hydrogen-bond acceptors (Lipinski definition) is 20. The van der Waals surface area contributed by atoms with Crippen LogP contribution in [0.1, 0.15) is 173 Å². The van der Waals surface area contributed by atoms with E-state index in [4.69, 9.17) is 53.1 Å². The van der Waals surface area contributed by atoms with Crippen molar-refractivity contribution in [3.63, 3.8) is 0 Å². The normalized spacial score (nSPS) is 20.8. The summed E-state index contributed by atoms with van der Waals surface area (Å²) in [6.07, 6.45) is 17.5. The topological polar surface area (TPSA) is 111 Å². The summed E-state index contributed by atoms with van der Waals surface area (Å²) in [6.45, 7) is 32.3. The van der Waals surface area contributed by atoms with Crippen molar-refractivity contribution in [2.75, 3.05) is 114 Å². The zero-order chi connectivity index (χ0) is 57.1. The van der Waals surface area contributed by atoms with Gasteiger partial charge in [0.25, 0.3) is 0 Å². The molecule has 0 N–H and O–H groups in total. The van der Waals surface area contributed by atoms with Gasteiger partial charge in [-0.25, -0.2) is 0 Å². The van der Waals surface area contributed by atoms with E-state index in [0.29, 0.717) is 91.1 Å². The van der Waals surface area contributed by atoms with Crippen LogP contribution >= 0.6 is 84.4 Å². The Morgan fingerprint density at radius 1 is 0.269 bits per heavy atom. The van der Waals surface area contributed by atoms with Crippen molar-refractivity contribution >= 4 is 120 Å². The van der Waals surface area contributed by atoms with Crippen molar-refractivity contribution < 1.29 is 53.1 Å². The molecule has 0 spiro atoms. The lowest BCUT2D eigenvalue weighted by Crippen LogP contribution is -2.46. The second-order valence-corrected chi connectivity index (χ2v) is 42.4. The fourth-order valence-electron chi connectivity index (χ4n) is 11.4. The first-order chi connectivity index (χ1) is 38.0. The summed E-state index contributed by atoms with van der Waals surface area (Å²) in [5.41, 5.74) is 0. The van der Waals surface area contributed by atoms with E-state index in [1.54, 1.807) is 0 Å². The van der Waals surface area contributed by atoms with Gasteiger partial charge in [0.1, 0.15) is 0 Å². The van der Waals surface area contributed by atoms with Crippen LogP contribution in [-0.2, 0) is 53.1 Å². The molecule has 2 fully saturated rings. The van der Waals surface area contributed by atoms with Gasteiger partial charge in [-0.15, -0.1) is 0 Å². The van der Waals surface area contributed by atoms with Crippen LogP contribution in [-0.4, -0.2) is 149 Å². The predicted molar refractivity (Wildman–Crippen MR) is 357 cm³/mol. The molecule has 0 amide bonds. The van der Waals surface area contributed by atoms with Gasteiger partial charge in [0.2, 0.25) is 0 Å². The molecule has 2 aliphatic carbocycles. The highest BCUT2D eigenvalue weighted by Gasteiger charge is 2.44. The lowest BCUT2D eigenvalue weighted by atomic mass is 9.71. The van der Waals surface area contributed by atoms with E-state index in [2.05, 4.69) is 84.7 Å². The van der Waals surface area contributed by atoms with Crippen LogP contribution in [0.4, 0.5) is 0 Å². The molecule has 2 saturated carbocycles. The van der Waals surface area contributed by atoms with Gasteiger partial charge >= 0.3 is 35.2 Å². The van der Waals surface area contributed by atoms with Crippen LogP contribution in [0.3, 0.4) is 0 Å². The molecule has 0 aromatic carbocycles. The van der Waals surface area contributed by atoms with E-state index in [-0.39, 0.29) is 0 Å². The molecule has 0 aromatic heterocycles. The summed E-state index contributed by atoms with van der Waals surface area (Å²) in [7, 11) is 5.91. The number of rotatable bonds is 55. The highest BCUT2D eigenvalue weighted by Crippen LogP contribution is 2.48. The second kappa shape index (κ2) is 49.1. The van der Waals surface area contributed by atoms with Crippen molar-refractivity contribution in [1.29, 1.82) is 0 Å². The van der Waals surface area contributed by atoms with E-state index >= 15 is 0 Å². The summed E-state index contributed by atoms with van der Waals surface area (Å²) in [5.74, 6) is 11.6. The third-order valence-corrected chi connectivity index (χ3v) is 38.6. The molecular weight excluding hydrogens is 1210 g/mol. The minimum atomic E-state index is -2.65. The summed E-state index contributed by atoms with van der Waals surface area (Å²) in [6, 6.07) is 3.63. The van der Waals surface area contributed by atoms with Gasteiger partial charge in [0.05, 0.1) is 0 Å². The summed E-state index contributed by atoms with van der Waals surface area (Å²) < 4.78 is 74.5. The van der Waals surface area contributed by atoms with Gasteiger partial charge in [0.15, 0.2) is 0 Å². The molecule has 6 unspecified atom stereocenters. The largest absolute Gasteiger partial charge is 0.500 e. The van der Waals surface area contributed by atoms with Crippen molar-refractivity contribution in [1.82, 2.24) is 0 Å². The van der Waals surface area contributed by atoms with Crippen LogP contribution in [0.25, 0.3) is 0 Å². The van der Waals surface area contributed by atoms with Gasteiger partial charge in [-0.1, -0.05) is 77.6 Å². The van der Waals surface area contributed by atoms with Gasteiger partial charge in [0, 0.05) is 138 Å². The van der Waals surface area contributed by atoms with Crippen LogP contribution < -0.4 is 0 Å². The lowest BCUT2D eigenvalue weighted by molar-refractivity contribution is 0.0666. The molecule has 0 bridgehead atoms. The van der Waals surface area contributed by atoms with Crippen LogP contribution in [0.2, 0.25) is 24.2 Å². The number of hydrogen-bond donors (Lipinski definition) is 0. The molecule has 0 saturated heterocycles. The average Bonchev–Trinajstić information content (AvgIpc) is 3.42. The Morgan fingerprint density at radius 3 is 0.795 bits per heavy atom. The van der Waals surface area contributed by atoms with E-state index in [1.165, 1.54) is 87.2 Å². The Kier molecular flexibility index (Phi) is 48.7.